The van der Waals surface area contributed by atoms with E-state index in [4.69, 9.17) is 5.11 Å². The molecule has 0 aliphatic heterocycles. The van der Waals surface area contributed by atoms with Gasteiger partial charge in [0.1, 0.15) is 5.75 Å². The quantitative estimate of drug-likeness (QED) is 0.682. The highest BCUT2D eigenvalue weighted by Crippen LogP contribution is 2.19. The third-order valence-corrected chi connectivity index (χ3v) is 2.18. The monoisotopic (exact) mass is 183 g/mol. The second kappa shape index (κ2) is 4.01. The molecule has 0 spiro atoms. The number of carboxylic acids is 1. The standard InChI is InChI=1S/C8H8O3S/c9-6-1-3-7(4-2-6)12-5-8(10)11/h1-4,9H,5H2,(H,10,11)/p-1. The van der Waals surface area contributed by atoms with Crippen LogP contribution in [0.15, 0.2) is 29.2 Å². The molecule has 3 nitrogen and oxygen atoms in total. The first-order chi connectivity index (χ1) is 5.68. The molecular formula is C8H7O3S-. The highest BCUT2D eigenvalue weighted by Gasteiger charge is 1.93. The Labute approximate surface area is 74.0 Å². The Kier molecular flexibility index (Phi) is 2.99. The molecule has 0 saturated carbocycles. The van der Waals surface area contributed by atoms with Crippen LogP contribution in [0, 0.1) is 0 Å². The smallest absolute Gasteiger partial charge is 0.115 e. The number of carbonyl (C=O) groups is 1. The van der Waals surface area contributed by atoms with Gasteiger partial charge in [-0.3, -0.25) is 0 Å². The zero-order chi connectivity index (χ0) is 8.97. The van der Waals surface area contributed by atoms with Gasteiger partial charge in [0, 0.05) is 10.6 Å². The third-order valence-electron chi connectivity index (χ3n) is 1.19. The molecule has 1 N–H and O–H groups in total. The lowest BCUT2D eigenvalue weighted by atomic mass is 10.3. The van der Waals surface area contributed by atoms with Crippen LogP contribution in [0.5, 0.6) is 5.75 Å². The normalized spacial score (nSPS) is 9.67. The first kappa shape index (κ1) is 8.93. The van der Waals surface area contributed by atoms with E-state index in [9.17, 15) is 9.90 Å². The summed E-state index contributed by atoms with van der Waals surface area (Å²) in [6.07, 6.45) is 0. The molecule has 1 aromatic rings. The number of rotatable bonds is 3. The first-order valence-electron chi connectivity index (χ1n) is 3.30. The van der Waals surface area contributed by atoms with Gasteiger partial charge in [-0.2, -0.15) is 0 Å². The lowest BCUT2D eigenvalue weighted by Gasteiger charge is -2.01. The lowest BCUT2D eigenvalue weighted by molar-refractivity contribution is -0.301. The molecule has 12 heavy (non-hydrogen) atoms. The Hall–Kier alpha value is -1.16. The molecule has 0 aliphatic rings. The van der Waals surface area contributed by atoms with E-state index in [1.807, 2.05) is 0 Å². The van der Waals surface area contributed by atoms with Gasteiger partial charge in [0.25, 0.3) is 0 Å². The number of phenols is 1. The van der Waals surface area contributed by atoms with Crippen molar-refractivity contribution in [3.8, 4) is 5.75 Å². The van der Waals surface area contributed by atoms with Gasteiger partial charge in [-0.05, 0) is 24.3 Å². The van der Waals surface area contributed by atoms with E-state index in [1.165, 1.54) is 12.1 Å². The van der Waals surface area contributed by atoms with E-state index in [2.05, 4.69) is 0 Å². The molecule has 0 fully saturated rings. The molecule has 0 aromatic heterocycles. The summed E-state index contributed by atoms with van der Waals surface area (Å²) in [6.45, 7) is 0. The number of aromatic hydroxyl groups is 1. The predicted molar refractivity (Wildman–Crippen MR) is 43.8 cm³/mol. The van der Waals surface area contributed by atoms with Gasteiger partial charge in [0.2, 0.25) is 0 Å². The van der Waals surface area contributed by atoms with E-state index in [1.54, 1.807) is 12.1 Å². The van der Waals surface area contributed by atoms with Crippen molar-refractivity contribution >= 4 is 17.7 Å². The largest absolute Gasteiger partial charge is 0.549 e. The fourth-order valence-electron chi connectivity index (χ4n) is 0.685. The number of carbonyl (C=O) groups excluding carboxylic acids is 1. The van der Waals surface area contributed by atoms with Crippen LogP contribution < -0.4 is 5.11 Å². The molecule has 0 heterocycles. The van der Waals surface area contributed by atoms with Crippen LogP contribution in [-0.4, -0.2) is 16.8 Å². The second-order valence-electron chi connectivity index (χ2n) is 2.15. The average molecular weight is 183 g/mol. The summed E-state index contributed by atoms with van der Waals surface area (Å²) in [5, 5.41) is 19.0. The molecule has 0 bridgehead atoms. The zero-order valence-corrected chi connectivity index (χ0v) is 7.00. The van der Waals surface area contributed by atoms with E-state index in [0.29, 0.717) is 0 Å². The van der Waals surface area contributed by atoms with Crippen LogP contribution in [0.3, 0.4) is 0 Å². The van der Waals surface area contributed by atoms with Gasteiger partial charge in [-0.25, -0.2) is 0 Å². The van der Waals surface area contributed by atoms with Crippen molar-refractivity contribution in [2.75, 3.05) is 5.75 Å². The molecule has 64 valence electrons. The van der Waals surface area contributed by atoms with Gasteiger partial charge in [-0.15, -0.1) is 11.8 Å². The van der Waals surface area contributed by atoms with E-state index >= 15 is 0 Å². The van der Waals surface area contributed by atoms with Crippen LogP contribution in [-0.2, 0) is 4.79 Å². The molecule has 1 rings (SSSR count). The number of hydrogen-bond acceptors (Lipinski definition) is 4. The maximum atomic E-state index is 10.1. The van der Waals surface area contributed by atoms with Gasteiger partial charge >= 0.3 is 0 Å². The molecule has 0 unspecified atom stereocenters. The lowest BCUT2D eigenvalue weighted by Crippen LogP contribution is -2.24. The van der Waals surface area contributed by atoms with E-state index < -0.39 is 5.97 Å². The van der Waals surface area contributed by atoms with Crippen molar-refractivity contribution in [1.29, 1.82) is 0 Å². The van der Waals surface area contributed by atoms with Gasteiger partial charge < -0.3 is 15.0 Å². The molecule has 0 aliphatic carbocycles. The Bertz CT molecular complexity index is 268. The Morgan fingerprint density at radius 3 is 2.50 bits per heavy atom. The first-order valence-corrected chi connectivity index (χ1v) is 4.29. The highest BCUT2D eigenvalue weighted by atomic mass is 32.2. The van der Waals surface area contributed by atoms with Crippen molar-refractivity contribution < 1.29 is 15.0 Å². The number of thioether (sulfide) groups is 1. The van der Waals surface area contributed by atoms with Crippen LogP contribution in [0.1, 0.15) is 0 Å². The van der Waals surface area contributed by atoms with E-state index in [-0.39, 0.29) is 11.5 Å². The minimum Gasteiger partial charge on any atom is -0.549 e. The third kappa shape index (κ3) is 2.84. The maximum absolute atomic E-state index is 10.1. The second-order valence-corrected chi connectivity index (χ2v) is 3.20. The number of carboxylic acid groups (broad SMARTS) is 1. The Morgan fingerprint density at radius 1 is 1.42 bits per heavy atom. The average Bonchev–Trinajstić information content (AvgIpc) is 2.03. The Balaban J connectivity index is 2.53. The molecule has 1 aromatic carbocycles. The van der Waals surface area contributed by atoms with E-state index in [0.717, 1.165) is 16.7 Å². The van der Waals surface area contributed by atoms with Crippen LogP contribution in [0.2, 0.25) is 0 Å². The van der Waals surface area contributed by atoms with Crippen LogP contribution >= 0.6 is 11.8 Å². The zero-order valence-electron chi connectivity index (χ0n) is 6.19. The minimum absolute atomic E-state index is 0.0647. The Morgan fingerprint density at radius 2 is 2.00 bits per heavy atom. The fraction of sp³-hybridized carbons (Fsp3) is 0.125. The van der Waals surface area contributed by atoms with Crippen molar-refractivity contribution in [2.45, 2.75) is 4.90 Å². The summed E-state index contributed by atoms with van der Waals surface area (Å²) in [5.74, 6) is -0.981. The number of hydrogen-bond donors (Lipinski definition) is 1. The number of benzene rings is 1. The highest BCUT2D eigenvalue weighted by molar-refractivity contribution is 8.00. The maximum Gasteiger partial charge on any atom is 0.115 e. The SMILES string of the molecule is O=C([O-])CSc1ccc(O)cc1. The van der Waals surface area contributed by atoms with Crippen molar-refractivity contribution in [2.24, 2.45) is 0 Å². The molecule has 0 atom stereocenters. The summed E-state index contributed by atoms with van der Waals surface area (Å²) < 4.78 is 0. The summed E-state index contributed by atoms with van der Waals surface area (Å²) in [4.78, 5) is 10.9. The van der Waals surface area contributed by atoms with Crippen LogP contribution in [0.4, 0.5) is 0 Å². The van der Waals surface area contributed by atoms with Crippen LogP contribution in [0.25, 0.3) is 0 Å². The number of phenolic OH excluding ortho intramolecular Hbond substituents is 1. The van der Waals surface area contributed by atoms with Gasteiger partial charge in [0.15, 0.2) is 0 Å². The molecule has 0 amide bonds. The van der Waals surface area contributed by atoms with Gasteiger partial charge in [0.05, 0.1) is 5.97 Å². The summed E-state index contributed by atoms with van der Waals surface area (Å²) in [7, 11) is 0. The predicted octanol–water partition coefficient (Wildman–Crippen LogP) is 0.234. The van der Waals surface area contributed by atoms with Crippen molar-refractivity contribution in [3.63, 3.8) is 0 Å². The minimum atomic E-state index is -1.09. The molecule has 0 radical (unpaired) electrons. The molecule has 4 heteroatoms. The summed E-state index contributed by atoms with van der Waals surface area (Å²) in [5.41, 5.74) is 0. The topological polar surface area (TPSA) is 60.4 Å². The summed E-state index contributed by atoms with van der Waals surface area (Å²) in [6, 6.07) is 6.33. The number of aliphatic carboxylic acids is 1. The molecule has 0 saturated heterocycles. The van der Waals surface area contributed by atoms with Crippen molar-refractivity contribution in [3.05, 3.63) is 24.3 Å². The van der Waals surface area contributed by atoms with Crippen molar-refractivity contribution in [1.82, 2.24) is 0 Å². The van der Waals surface area contributed by atoms with Gasteiger partial charge in [-0.1, -0.05) is 0 Å². The fourth-order valence-corrected chi connectivity index (χ4v) is 1.30. The molecular weight excluding hydrogens is 176 g/mol. The summed E-state index contributed by atoms with van der Waals surface area (Å²) >= 11 is 1.16.